The number of halogens is 2. The van der Waals surface area contributed by atoms with Gasteiger partial charge in [-0.15, -0.1) is 0 Å². The lowest BCUT2D eigenvalue weighted by Gasteiger charge is -2.13. The van der Waals surface area contributed by atoms with Crippen LogP contribution >= 0.6 is 35.4 Å². The van der Waals surface area contributed by atoms with Crippen LogP contribution in [0.5, 0.6) is 0 Å². The van der Waals surface area contributed by atoms with Gasteiger partial charge in [0.2, 0.25) is 0 Å². The second kappa shape index (κ2) is 7.82. The van der Waals surface area contributed by atoms with Crippen LogP contribution in [0.2, 0.25) is 10.0 Å². The third-order valence-corrected chi connectivity index (χ3v) is 4.17. The molecule has 2 aromatic rings. The van der Waals surface area contributed by atoms with E-state index in [9.17, 15) is 0 Å². The zero-order valence-corrected chi connectivity index (χ0v) is 14.9. The highest BCUT2D eigenvalue weighted by molar-refractivity contribution is 7.80. The van der Waals surface area contributed by atoms with Gasteiger partial charge < -0.3 is 10.6 Å². The van der Waals surface area contributed by atoms with Crippen LogP contribution in [-0.4, -0.2) is 11.7 Å². The SMILES string of the molecule is Cc1ccc(C)c(NC(=S)NCCc2ccc(Cl)cc2Cl)c1. The van der Waals surface area contributed by atoms with Crippen LogP contribution in [0.15, 0.2) is 36.4 Å². The van der Waals surface area contributed by atoms with Gasteiger partial charge in [-0.1, -0.05) is 41.4 Å². The topological polar surface area (TPSA) is 24.1 Å². The van der Waals surface area contributed by atoms with Crippen LogP contribution in [-0.2, 0) is 6.42 Å². The fourth-order valence-electron chi connectivity index (χ4n) is 2.07. The summed E-state index contributed by atoms with van der Waals surface area (Å²) >= 11 is 17.4. The smallest absolute Gasteiger partial charge is 0.170 e. The molecule has 2 aromatic carbocycles. The molecule has 0 aliphatic heterocycles. The average molecular weight is 353 g/mol. The zero-order chi connectivity index (χ0) is 16.1. The first-order valence-electron chi connectivity index (χ1n) is 7.02. The second-order valence-electron chi connectivity index (χ2n) is 5.19. The Balaban J connectivity index is 1.86. The number of aryl methyl sites for hydroxylation is 2. The van der Waals surface area contributed by atoms with Gasteiger partial charge in [0.1, 0.15) is 0 Å². The van der Waals surface area contributed by atoms with Crippen molar-refractivity contribution in [3.05, 3.63) is 63.1 Å². The molecule has 5 heteroatoms. The molecule has 0 aromatic heterocycles. The average Bonchev–Trinajstić information content (AvgIpc) is 2.45. The van der Waals surface area contributed by atoms with Gasteiger partial charge in [-0.05, 0) is 67.4 Å². The molecular formula is C17H18Cl2N2S. The zero-order valence-electron chi connectivity index (χ0n) is 12.5. The van der Waals surface area contributed by atoms with Gasteiger partial charge in [0, 0.05) is 22.3 Å². The number of thiocarbonyl (C=S) groups is 1. The number of benzene rings is 2. The van der Waals surface area contributed by atoms with E-state index in [1.54, 1.807) is 6.07 Å². The van der Waals surface area contributed by atoms with Crippen molar-refractivity contribution in [2.75, 3.05) is 11.9 Å². The van der Waals surface area contributed by atoms with Crippen molar-refractivity contribution in [1.29, 1.82) is 0 Å². The van der Waals surface area contributed by atoms with Crippen LogP contribution in [0.3, 0.4) is 0 Å². The first-order chi connectivity index (χ1) is 10.5. The summed E-state index contributed by atoms with van der Waals surface area (Å²) in [7, 11) is 0. The molecule has 0 atom stereocenters. The number of hydrogen-bond donors (Lipinski definition) is 2. The third-order valence-electron chi connectivity index (χ3n) is 3.34. The molecule has 0 bridgehead atoms. The molecule has 0 heterocycles. The summed E-state index contributed by atoms with van der Waals surface area (Å²) in [4.78, 5) is 0. The Morgan fingerprint density at radius 3 is 2.59 bits per heavy atom. The quantitative estimate of drug-likeness (QED) is 0.745. The minimum atomic E-state index is 0.610. The molecule has 2 N–H and O–H groups in total. The second-order valence-corrected chi connectivity index (χ2v) is 6.44. The molecule has 2 rings (SSSR count). The molecule has 0 amide bonds. The molecule has 0 radical (unpaired) electrons. The van der Waals surface area contributed by atoms with Crippen molar-refractivity contribution in [3.8, 4) is 0 Å². The minimum Gasteiger partial charge on any atom is -0.362 e. The molecule has 2 nitrogen and oxygen atoms in total. The Kier molecular flexibility index (Phi) is 6.07. The Hall–Kier alpha value is -1.29. The largest absolute Gasteiger partial charge is 0.362 e. The molecule has 0 unspecified atom stereocenters. The molecule has 0 aliphatic carbocycles. The van der Waals surface area contributed by atoms with Crippen LogP contribution in [0, 0.1) is 13.8 Å². The van der Waals surface area contributed by atoms with Crippen molar-refractivity contribution < 1.29 is 0 Å². The maximum atomic E-state index is 6.15. The van der Waals surface area contributed by atoms with Gasteiger partial charge in [-0.25, -0.2) is 0 Å². The summed E-state index contributed by atoms with van der Waals surface area (Å²) in [6.45, 7) is 4.82. The molecule has 22 heavy (non-hydrogen) atoms. The highest BCUT2D eigenvalue weighted by Gasteiger charge is 2.04. The fourth-order valence-corrected chi connectivity index (χ4v) is 2.79. The number of rotatable bonds is 4. The first kappa shape index (κ1) is 17.1. The van der Waals surface area contributed by atoms with Gasteiger partial charge in [0.15, 0.2) is 5.11 Å². The van der Waals surface area contributed by atoms with E-state index in [-0.39, 0.29) is 0 Å². The van der Waals surface area contributed by atoms with Crippen LogP contribution in [0.1, 0.15) is 16.7 Å². The minimum absolute atomic E-state index is 0.610. The normalized spacial score (nSPS) is 10.4. The van der Waals surface area contributed by atoms with Crippen LogP contribution in [0.25, 0.3) is 0 Å². The van der Waals surface area contributed by atoms with Crippen molar-refractivity contribution in [2.24, 2.45) is 0 Å². The summed E-state index contributed by atoms with van der Waals surface area (Å²) in [6.07, 6.45) is 0.782. The predicted molar refractivity (Wildman–Crippen MR) is 100 cm³/mol. The van der Waals surface area contributed by atoms with Gasteiger partial charge in [-0.3, -0.25) is 0 Å². The van der Waals surface area contributed by atoms with Gasteiger partial charge in [0.05, 0.1) is 0 Å². The van der Waals surface area contributed by atoms with E-state index >= 15 is 0 Å². The molecule has 0 aliphatic rings. The monoisotopic (exact) mass is 352 g/mol. The lowest BCUT2D eigenvalue weighted by molar-refractivity contribution is 0.873. The van der Waals surface area contributed by atoms with E-state index in [1.165, 1.54) is 5.56 Å². The summed E-state index contributed by atoms with van der Waals surface area (Å²) < 4.78 is 0. The lowest BCUT2D eigenvalue weighted by atomic mass is 10.1. The van der Waals surface area contributed by atoms with E-state index in [4.69, 9.17) is 35.4 Å². The molecule has 0 fully saturated rings. The van der Waals surface area contributed by atoms with E-state index in [2.05, 4.69) is 42.7 Å². The number of anilines is 1. The van der Waals surface area contributed by atoms with Gasteiger partial charge in [0.25, 0.3) is 0 Å². The number of hydrogen-bond acceptors (Lipinski definition) is 1. The van der Waals surface area contributed by atoms with Crippen molar-refractivity contribution in [2.45, 2.75) is 20.3 Å². The molecule has 0 saturated carbocycles. The summed E-state index contributed by atoms with van der Waals surface area (Å²) in [5, 5.41) is 8.36. The van der Waals surface area contributed by atoms with Crippen molar-refractivity contribution >= 4 is 46.2 Å². The first-order valence-corrected chi connectivity index (χ1v) is 8.18. The summed E-state index contributed by atoms with van der Waals surface area (Å²) in [5.74, 6) is 0. The Morgan fingerprint density at radius 2 is 1.86 bits per heavy atom. The molecular weight excluding hydrogens is 335 g/mol. The van der Waals surface area contributed by atoms with E-state index < -0.39 is 0 Å². The van der Waals surface area contributed by atoms with Crippen LogP contribution < -0.4 is 10.6 Å². The van der Waals surface area contributed by atoms with Crippen molar-refractivity contribution in [1.82, 2.24) is 5.32 Å². The maximum absolute atomic E-state index is 6.15. The Bertz CT molecular complexity index is 686. The number of nitrogens with one attached hydrogen (secondary N) is 2. The van der Waals surface area contributed by atoms with Gasteiger partial charge in [-0.2, -0.15) is 0 Å². The molecule has 116 valence electrons. The van der Waals surface area contributed by atoms with E-state index in [0.29, 0.717) is 21.7 Å². The maximum Gasteiger partial charge on any atom is 0.170 e. The summed E-state index contributed by atoms with van der Waals surface area (Å²) in [5.41, 5.74) is 4.44. The Labute approximate surface area is 146 Å². The highest BCUT2D eigenvalue weighted by Crippen LogP contribution is 2.21. The Morgan fingerprint density at radius 1 is 1.09 bits per heavy atom. The summed E-state index contributed by atoms with van der Waals surface area (Å²) in [6, 6.07) is 11.8. The van der Waals surface area contributed by atoms with Crippen molar-refractivity contribution in [3.63, 3.8) is 0 Å². The van der Waals surface area contributed by atoms with Gasteiger partial charge >= 0.3 is 0 Å². The van der Waals surface area contributed by atoms with E-state index in [0.717, 1.165) is 23.2 Å². The standard InChI is InChI=1S/C17H18Cl2N2S/c1-11-3-4-12(2)16(9-11)21-17(22)20-8-7-13-5-6-14(18)10-15(13)19/h3-6,9-10H,7-8H2,1-2H3,(H2,20,21,22). The lowest BCUT2D eigenvalue weighted by Crippen LogP contribution is -2.30. The van der Waals surface area contributed by atoms with Crippen LogP contribution in [0.4, 0.5) is 5.69 Å². The third kappa shape index (κ3) is 4.87. The molecule has 0 spiro atoms. The molecule has 0 saturated heterocycles. The fraction of sp³-hybridized carbons (Fsp3) is 0.235. The highest BCUT2D eigenvalue weighted by atomic mass is 35.5. The predicted octanol–water partition coefficient (Wildman–Crippen LogP) is 5.14. The van der Waals surface area contributed by atoms with E-state index in [1.807, 2.05) is 12.1 Å².